The van der Waals surface area contributed by atoms with Gasteiger partial charge in [0, 0.05) is 10.9 Å². The smallest absolute Gasteiger partial charge is 0.146 e. The van der Waals surface area contributed by atoms with Gasteiger partial charge in [0.05, 0.1) is 11.9 Å². The number of hydrogen-bond donors (Lipinski definition) is 1. The van der Waals surface area contributed by atoms with Crippen LogP contribution in [0.4, 0.5) is 5.82 Å². The Labute approximate surface area is 141 Å². The molecule has 4 rings (SSSR count). The van der Waals surface area contributed by atoms with E-state index in [2.05, 4.69) is 36.2 Å². The number of anilines is 1. The molecule has 0 saturated carbocycles. The highest BCUT2D eigenvalue weighted by Crippen LogP contribution is 2.34. The summed E-state index contributed by atoms with van der Waals surface area (Å²) in [7, 11) is 0. The summed E-state index contributed by atoms with van der Waals surface area (Å²) in [6.45, 7) is 7.61. The van der Waals surface area contributed by atoms with Crippen molar-refractivity contribution in [2.24, 2.45) is 0 Å². The summed E-state index contributed by atoms with van der Waals surface area (Å²) in [4.78, 5) is 14.7. The highest BCUT2D eigenvalue weighted by atomic mass is 32.1. The van der Waals surface area contributed by atoms with Crippen LogP contribution in [0, 0.1) is 13.8 Å². The van der Waals surface area contributed by atoms with E-state index in [1.807, 2.05) is 0 Å². The Balaban J connectivity index is 1.70. The Morgan fingerprint density at radius 2 is 1.91 bits per heavy atom. The normalized spacial score (nSPS) is 19.2. The summed E-state index contributed by atoms with van der Waals surface area (Å²) in [5, 5.41) is 4.90. The van der Waals surface area contributed by atoms with Crippen molar-refractivity contribution in [1.29, 1.82) is 0 Å². The van der Waals surface area contributed by atoms with Gasteiger partial charge in [0.1, 0.15) is 16.5 Å². The van der Waals surface area contributed by atoms with Crippen molar-refractivity contribution in [1.82, 2.24) is 14.9 Å². The molecule has 1 aliphatic carbocycles. The van der Waals surface area contributed by atoms with Gasteiger partial charge in [0.2, 0.25) is 0 Å². The molecule has 0 bridgehead atoms. The first-order chi connectivity index (χ1) is 11.2. The predicted molar refractivity (Wildman–Crippen MR) is 97.2 cm³/mol. The molecule has 2 aromatic rings. The largest absolute Gasteiger partial charge is 0.366 e. The molecule has 0 unspecified atom stereocenters. The number of hydrogen-bond acceptors (Lipinski definition) is 5. The molecule has 0 aromatic carbocycles. The number of likely N-dealkylation sites (tertiary alicyclic amines) is 1. The SMILES string of the molecule is Cc1sc2nc(CN3CCCC3)nc(NC3CC=CC3)c2c1C. The molecule has 1 N–H and O–H groups in total. The maximum absolute atomic E-state index is 4.92. The van der Waals surface area contributed by atoms with Crippen molar-refractivity contribution in [2.75, 3.05) is 18.4 Å². The molecule has 3 heterocycles. The second-order valence-corrected chi connectivity index (χ2v) is 7.92. The van der Waals surface area contributed by atoms with Crippen molar-refractivity contribution in [3.8, 4) is 0 Å². The van der Waals surface area contributed by atoms with Crippen molar-refractivity contribution in [3.05, 3.63) is 28.4 Å². The summed E-state index contributed by atoms with van der Waals surface area (Å²) < 4.78 is 0. The summed E-state index contributed by atoms with van der Waals surface area (Å²) in [5.74, 6) is 2.01. The lowest BCUT2D eigenvalue weighted by Gasteiger charge is -2.17. The minimum atomic E-state index is 0.479. The molecule has 2 aliphatic rings. The summed E-state index contributed by atoms with van der Waals surface area (Å²) in [6, 6.07) is 0.479. The molecular formula is C18H24N4S. The number of aromatic nitrogens is 2. The zero-order valence-electron chi connectivity index (χ0n) is 13.9. The molecule has 0 spiro atoms. The number of thiophene rings is 1. The second-order valence-electron chi connectivity index (χ2n) is 6.72. The molecule has 0 amide bonds. The fourth-order valence-electron chi connectivity index (χ4n) is 3.54. The monoisotopic (exact) mass is 328 g/mol. The average molecular weight is 328 g/mol. The van der Waals surface area contributed by atoms with Gasteiger partial charge in [-0.2, -0.15) is 0 Å². The van der Waals surface area contributed by atoms with E-state index in [-0.39, 0.29) is 0 Å². The lowest BCUT2D eigenvalue weighted by atomic mass is 10.2. The molecule has 2 aromatic heterocycles. The van der Waals surface area contributed by atoms with Crippen LogP contribution in [0.1, 0.15) is 41.9 Å². The highest BCUT2D eigenvalue weighted by molar-refractivity contribution is 7.18. The number of nitrogens with one attached hydrogen (secondary N) is 1. The number of nitrogens with zero attached hydrogens (tertiary/aromatic N) is 3. The van der Waals surface area contributed by atoms with E-state index in [1.54, 1.807) is 11.3 Å². The van der Waals surface area contributed by atoms with Gasteiger partial charge in [-0.1, -0.05) is 12.2 Å². The number of fused-ring (bicyclic) bond motifs is 1. The van der Waals surface area contributed by atoms with Crippen LogP contribution in [-0.2, 0) is 6.54 Å². The molecule has 4 nitrogen and oxygen atoms in total. The molecule has 23 heavy (non-hydrogen) atoms. The van der Waals surface area contributed by atoms with Crippen LogP contribution in [0.15, 0.2) is 12.2 Å². The second kappa shape index (κ2) is 6.21. The van der Waals surface area contributed by atoms with Crippen LogP contribution in [0.25, 0.3) is 10.2 Å². The molecule has 1 fully saturated rings. The maximum Gasteiger partial charge on any atom is 0.146 e. The van der Waals surface area contributed by atoms with Crippen LogP contribution >= 0.6 is 11.3 Å². The van der Waals surface area contributed by atoms with E-state index in [9.17, 15) is 0 Å². The van der Waals surface area contributed by atoms with Crippen LogP contribution < -0.4 is 5.32 Å². The summed E-state index contributed by atoms with van der Waals surface area (Å²) >= 11 is 1.80. The predicted octanol–water partition coefficient (Wildman–Crippen LogP) is 4.03. The topological polar surface area (TPSA) is 41.1 Å². The number of aryl methyl sites for hydroxylation is 2. The summed E-state index contributed by atoms with van der Waals surface area (Å²) in [6.07, 6.45) is 9.31. The quantitative estimate of drug-likeness (QED) is 0.860. The third-order valence-electron chi connectivity index (χ3n) is 4.99. The van der Waals surface area contributed by atoms with E-state index < -0.39 is 0 Å². The van der Waals surface area contributed by atoms with Gasteiger partial charge in [-0.3, -0.25) is 4.90 Å². The van der Waals surface area contributed by atoms with Crippen molar-refractivity contribution in [2.45, 2.75) is 52.1 Å². The maximum atomic E-state index is 4.92. The van der Waals surface area contributed by atoms with E-state index in [1.165, 1.54) is 41.8 Å². The van der Waals surface area contributed by atoms with Crippen molar-refractivity contribution >= 4 is 27.4 Å². The third-order valence-corrected chi connectivity index (χ3v) is 6.09. The molecule has 5 heteroatoms. The van der Waals surface area contributed by atoms with E-state index in [0.717, 1.165) is 35.9 Å². The van der Waals surface area contributed by atoms with Gasteiger partial charge in [-0.15, -0.1) is 11.3 Å². The lowest BCUT2D eigenvalue weighted by molar-refractivity contribution is 0.323. The van der Waals surface area contributed by atoms with Gasteiger partial charge in [0.15, 0.2) is 0 Å². The first kappa shape index (κ1) is 15.1. The van der Waals surface area contributed by atoms with Gasteiger partial charge in [-0.25, -0.2) is 9.97 Å². The Bertz CT molecular complexity index is 735. The third kappa shape index (κ3) is 3.00. The number of rotatable bonds is 4. The fraction of sp³-hybridized carbons (Fsp3) is 0.556. The molecule has 0 atom stereocenters. The van der Waals surface area contributed by atoms with E-state index >= 15 is 0 Å². The van der Waals surface area contributed by atoms with Crippen LogP contribution in [0.3, 0.4) is 0 Å². The minimum absolute atomic E-state index is 0.479. The van der Waals surface area contributed by atoms with Crippen molar-refractivity contribution < 1.29 is 0 Å². The average Bonchev–Trinajstić information content (AvgIpc) is 3.24. The standard InChI is InChI=1S/C18H24N4S/c1-12-13(2)23-18-16(12)17(19-14-7-3-4-8-14)20-15(21-18)11-22-9-5-6-10-22/h3-4,14H,5-11H2,1-2H3,(H,19,20,21). The first-order valence-corrected chi connectivity index (χ1v) is 9.43. The van der Waals surface area contributed by atoms with Crippen LogP contribution in [0.2, 0.25) is 0 Å². The minimum Gasteiger partial charge on any atom is -0.366 e. The molecule has 122 valence electrons. The zero-order valence-corrected chi connectivity index (χ0v) is 14.7. The Morgan fingerprint density at radius 1 is 1.17 bits per heavy atom. The van der Waals surface area contributed by atoms with Gasteiger partial charge < -0.3 is 5.32 Å². The Morgan fingerprint density at radius 3 is 2.65 bits per heavy atom. The highest BCUT2D eigenvalue weighted by Gasteiger charge is 2.20. The molecule has 1 saturated heterocycles. The lowest BCUT2D eigenvalue weighted by Crippen LogP contribution is -2.21. The first-order valence-electron chi connectivity index (χ1n) is 8.61. The van der Waals surface area contributed by atoms with Gasteiger partial charge >= 0.3 is 0 Å². The van der Waals surface area contributed by atoms with Crippen molar-refractivity contribution in [3.63, 3.8) is 0 Å². The van der Waals surface area contributed by atoms with Crippen LogP contribution in [0.5, 0.6) is 0 Å². The Kier molecular flexibility index (Phi) is 4.07. The fourth-order valence-corrected chi connectivity index (χ4v) is 4.59. The van der Waals surface area contributed by atoms with E-state index in [4.69, 9.17) is 9.97 Å². The zero-order chi connectivity index (χ0) is 15.8. The molecular weight excluding hydrogens is 304 g/mol. The van der Waals surface area contributed by atoms with E-state index in [0.29, 0.717) is 6.04 Å². The molecule has 1 aliphatic heterocycles. The van der Waals surface area contributed by atoms with Crippen LogP contribution in [-0.4, -0.2) is 34.0 Å². The molecule has 0 radical (unpaired) electrons. The van der Waals surface area contributed by atoms with Gasteiger partial charge in [0.25, 0.3) is 0 Å². The summed E-state index contributed by atoms with van der Waals surface area (Å²) in [5.41, 5.74) is 1.33. The van der Waals surface area contributed by atoms with Gasteiger partial charge in [-0.05, 0) is 58.2 Å². The Hall–Kier alpha value is -1.46.